The van der Waals surface area contributed by atoms with Gasteiger partial charge in [-0.2, -0.15) is 0 Å². The van der Waals surface area contributed by atoms with Gasteiger partial charge >= 0.3 is 5.97 Å². The highest BCUT2D eigenvalue weighted by Crippen LogP contribution is 2.35. The van der Waals surface area contributed by atoms with Crippen LogP contribution in [0.1, 0.15) is 22.1 Å². The number of hydrogen-bond donors (Lipinski definition) is 2. The van der Waals surface area contributed by atoms with Crippen LogP contribution < -0.4 is 5.32 Å². The topological polar surface area (TPSA) is 102 Å². The highest BCUT2D eigenvalue weighted by atomic mass is 16.6. The Morgan fingerprint density at radius 3 is 2.71 bits per heavy atom. The molecule has 0 saturated heterocycles. The third-order valence-electron chi connectivity index (χ3n) is 3.17. The van der Waals surface area contributed by atoms with Crippen molar-refractivity contribution in [2.45, 2.75) is 6.23 Å². The number of nitro benzene ring substituents is 1. The van der Waals surface area contributed by atoms with Crippen molar-refractivity contribution >= 4 is 17.3 Å². The van der Waals surface area contributed by atoms with Gasteiger partial charge in [0.1, 0.15) is 5.75 Å². The summed E-state index contributed by atoms with van der Waals surface area (Å²) in [6.07, 6.45) is -0.735. The quantitative estimate of drug-likeness (QED) is 0.389. The standard InChI is InChI=1S/C14H10N2O5/c17-12-7-8(16(19)20)5-6-11(12)15-13-9-3-1-2-4-10(9)14(18)21-13/h1-7,13,15,17H/t13-/m1/s1. The predicted octanol–water partition coefficient (Wildman–Crippen LogP) is 2.58. The van der Waals surface area contributed by atoms with Gasteiger partial charge in [-0.25, -0.2) is 4.79 Å². The number of nitro groups is 1. The molecule has 0 aromatic heterocycles. The van der Waals surface area contributed by atoms with Gasteiger partial charge in [-0.1, -0.05) is 18.2 Å². The zero-order valence-corrected chi connectivity index (χ0v) is 10.6. The molecule has 0 unspecified atom stereocenters. The lowest BCUT2D eigenvalue weighted by Gasteiger charge is -2.15. The fourth-order valence-corrected chi connectivity index (χ4v) is 2.15. The first-order chi connectivity index (χ1) is 10.1. The smallest absolute Gasteiger partial charge is 0.340 e. The molecule has 1 aliphatic heterocycles. The summed E-state index contributed by atoms with van der Waals surface area (Å²) in [5.74, 6) is -0.742. The lowest BCUT2D eigenvalue weighted by atomic mass is 10.1. The fourth-order valence-electron chi connectivity index (χ4n) is 2.15. The molecular formula is C14H10N2O5. The van der Waals surface area contributed by atoms with Gasteiger partial charge in [0.05, 0.1) is 22.2 Å². The number of carbonyl (C=O) groups is 1. The number of anilines is 1. The summed E-state index contributed by atoms with van der Waals surface area (Å²) in [6.45, 7) is 0. The van der Waals surface area contributed by atoms with E-state index in [0.717, 1.165) is 6.07 Å². The van der Waals surface area contributed by atoms with Crippen molar-refractivity contribution in [2.75, 3.05) is 5.32 Å². The average Bonchev–Trinajstić information content (AvgIpc) is 2.78. The first-order valence-electron chi connectivity index (χ1n) is 6.10. The first-order valence-corrected chi connectivity index (χ1v) is 6.10. The lowest BCUT2D eigenvalue weighted by Crippen LogP contribution is -2.10. The van der Waals surface area contributed by atoms with Crippen molar-refractivity contribution in [3.05, 3.63) is 63.7 Å². The number of phenols is 1. The molecule has 0 amide bonds. The Hall–Kier alpha value is -3.09. The molecular weight excluding hydrogens is 276 g/mol. The van der Waals surface area contributed by atoms with Crippen LogP contribution in [-0.2, 0) is 4.74 Å². The number of rotatable bonds is 3. The average molecular weight is 286 g/mol. The molecule has 0 aliphatic carbocycles. The number of non-ortho nitro benzene ring substituents is 1. The zero-order chi connectivity index (χ0) is 15.0. The largest absolute Gasteiger partial charge is 0.506 e. The highest BCUT2D eigenvalue weighted by molar-refractivity contribution is 5.94. The molecule has 2 N–H and O–H groups in total. The Morgan fingerprint density at radius 1 is 1.24 bits per heavy atom. The molecule has 1 heterocycles. The van der Waals surface area contributed by atoms with E-state index in [9.17, 15) is 20.0 Å². The summed E-state index contributed by atoms with van der Waals surface area (Å²) < 4.78 is 5.17. The number of esters is 1. The molecule has 1 aliphatic rings. The minimum Gasteiger partial charge on any atom is -0.506 e. The molecule has 2 aromatic rings. The number of aromatic hydroxyl groups is 1. The minimum absolute atomic E-state index is 0.220. The van der Waals surface area contributed by atoms with Crippen LogP contribution in [0.25, 0.3) is 0 Å². The van der Waals surface area contributed by atoms with E-state index in [0.29, 0.717) is 11.1 Å². The number of ether oxygens (including phenoxy) is 1. The molecule has 0 spiro atoms. The number of benzene rings is 2. The molecule has 3 rings (SSSR count). The third-order valence-corrected chi connectivity index (χ3v) is 3.17. The van der Waals surface area contributed by atoms with E-state index in [2.05, 4.69) is 5.32 Å². The van der Waals surface area contributed by atoms with E-state index in [4.69, 9.17) is 4.74 Å². The van der Waals surface area contributed by atoms with Crippen molar-refractivity contribution in [1.29, 1.82) is 0 Å². The van der Waals surface area contributed by atoms with Crippen molar-refractivity contribution in [2.24, 2.45) is 0 Å². The summed E-state index contributed by atoms with van der Waals surface area (Å²) in [7, 11) is 0. The summed E-state index contributed by atoms with van der Waals surface area (Å²) in [5.41, 5.74) is 1.13. The SMILES string of the molecule is O=C1O[C@@H](Nc2ccc([N+](=O)[O-])cc2O)c2ccccc21. The van der Waals surface area contributed by atoms with Gasteiger partial charge in [-0.3, -0.25) is 10.1 Å². The number of hydrogen-bond acceptors (Lipinski definition) is 6. The van der Waals surface area contributed by atoms with Crippen molar-refractivity contribution in [3.8, 4) is 5.75 Å². The van der Waals surface area contributed by atoms with Gasteiger partial charge in [-0.15, -0.1) is 0 Å². The molecule has 2 aromatic carbocycles. The Bertz CT molecular complexity index is 744. The molecule has 0 radical (unpaired) electrons. The molecule has 7 nitrogen and oxygen atoms in total. The number of nitrogens with one attached hydrogen (secondary N) is 1. The van der Waals surface area contributed by atoms with Gasteiger partial charge in [-0.05, 0) is 12.1 Å². The second-order valence-electron chi connectivity index (χ2n) is 4.48. The molecule has 7 heteroatoms. The summed E-state index contributed by atoms with van der Waals surface area (Å²) in [4.78, 5) is 21.7. The Morgan fingerprint density at radius 2 is 2.00 bits per heavy atom. The second kappa shape index (κ2) is 4.78. The van der Waals surface area contributed by atoms with E-state index in [-0.39, 0.29) is 17.1 Å². The van der Waals surface area contributed by atoms with Crippen molar-refractivity contribution in [1.82, 2.24) is 0 Å². The number of cyclic esters (lactones) is 1. The van der Waals surface area contributed by atoms with Crippen molar-refractivity contribution < 1.29 is 19.6 Å². The number of nitrogens with zero attached hydrogens (tertiary/aromatic N) is 1. The normalized spacial score (nSPS) is 16.2. The van der Waals surface area contributed by atoms with Gasteiger partial charge in [0.25, 0.3) is 5.69 Å². The fraction of sp³-hybridized carbons (Fsp3) is 0.0714. The van der Waals surface area contributed by atoms with Crippen LogP contribution in [0.5, 0.6) is 5.75 Å². The maximum atomic E-state index is 11.7. The zero-order valence-electron chi connectivity index (χ0n) is 10.6. The molecule has 1 atom stereocenters. The van der Waals surface area contributed by atoms with Crippen LogP contribution in [-0.4, -0.2) is 16.0 Å². The van der Waals surface area contributed by atoms with Crippen LogP contribution in [0, 0.1) is 10.1 Å². The lowest BCUT2D eigenvalue weighted by molar-refractivity contribution is -0.384. The van der Waals surface area contributed by atoms with Gasteiger partial charge < -0.3 is 15.2 Å². The number of carbonyl (C=O) groups excluding carboxylic acids is 1. The van der Waals surface area contributed by atoms with E-state index < -0.39 is 17.1 Å². The van der Waals surface area contributed by atoms with Crippen LogP contribution in [0.4, 0.5) is 11.4 Å². The van der Waals surface area contributed by atoms with Crippen LogP contribution in [0.2, 0.25) is 0 Å². The van der Waals surface area contributed by atoms with Crippen LogP contribution >= 0.6 is 0 Å². The molecule has 0 bridgehead atoms. The summed E-state index contributed by atoms with van der Waals surface area (Å²) in [6, 6.07) is 10.5. The van der Waals surface area contributed by atoms with Gasteiger partial charge in [0, 0.05) is 11.6 Å². The molecule has 0 saturated carbocycles. The number of phenolic OH excluding ortho intramolecular Hbond substituents is 1. The monoisotopic (exact) mass is 286 g/mol. The van der Waals surface area contributed by atoms with E-state index in [1.807, 2.05) is 0 Å². The maximum absolute atomic E-state index is 11.7. The Balaban J connectivity index is 1.89. The molecule has 21 heavy (non-hydrogen) atoms. The second-order valence-corrected chi connectivity index (χ2v) is 4.48. The molecule has 106 valence electrons. The van der Waals surface area contributed by atoms with E-state index in [1.54, 1.807) is 24.3 Å². The van der Waals surface area contributed by atoms with Crippen LogP contribution in [0.3, 0.4) is 0 Å². The van der Waals surface area contributed by atoms with E-state index in [1.165, 1.54) is 12.1 Å². The molecule has 0 fully saturated rings. The van der Waals surface area contributed by atoms with Crippen LogP contribution in [0.15, 0.2) is 42.5 Å². The van der Waals surface area contributed by atoms with E-state index >= 15 is 0 Å². The Labute approximate surface area is 118 Å². The maximum Gasteiger partial charge on any atom is 0.340 e. The first kappa shape index (κ1) is 12.9. The summed E-state index contributed by atoms with van der Waals surface area (Å²) in [5, 5.41) is 23.3. The summed E-state index contributed by atoms with van der Waals surface area (Å²) >= 11 is 0. The highest BCUT2D eigenvalue weighted by Gasteiger charge is 2.31. The number of fused-ring (bicyclic) bond motifs is 1. The van der Waals surface area contributed by atoms with Crippen molar-refractivity contribution in [3.63, 3.8) is 0 Å². The minimum atomic E-state index is -0.735. The predicted molar refractivity (Wildman–Crippen MR) is 73.0 cm³/mol. The third kappa shape index (κ3) is 2.25. The van der Waals surface area contributed by atoms with Gasteiger partial charge in [0.15, 0.2) is 0 Å². The van der Waals surface area contributed by atoms with Gasteiger partial charge in [0.2, 0.25) is 6.23 Å². The Kier molecular flexibility index (Phi) is 2.94.